The van der Waals surface area contributed by atoms with Crippen LogP contribution in [0, 0.1) is 0 Å². The van der Waals surface area contributed by atoms with Crippen molar-refractivity contribution in [3.05, 3.63) is 54.1 Å². The van der Waals surface area contributed by atoms with Gasteiger partial charge < -0.3 is 14.8 Å². The van der Waals surface area contributed by atoms with Crippen molar-refractivity contribution in [2.45, 2.75) is 57.6 Å². The Hall–Kier alpha value is -2.74. The quantitative estimate of drug-likeness (QED) is 0.550. The van der Waals surface area contributed by atoms with Crippen molar-refractivity contribution in [1.29, 1.82) is 0 Å². The zero-order valence-corrected chi connectivity index (χ0v) is 20.7. The fourth-order valence-corrected chi connectivity index (χ4v) is 5.28. The van der Waals surface area contributed by atoms with E-state index >= 15 is 0 Å². The average molecular weight is 475 g/mol. The van der Waals surface area contributed by atoms with Crippen LogP contribution in [0.2, 0.25) is 0 Å². The van der Waals surface area contributed by atoms with Crippen LogP contribution in [0.4, 0.5) is 5.69 Å². The van der Waals surface area contributed by atoms with E-state index in [9.17, 15) is 13.2 Å². The molecule has 0 bridgehead atoms. The monoisotopic (exact) mass is 474 g/mol. The van der Waals surface area contributed by atoms with E-state index in [4.69, 9.17) is 9.47 Å². The van der Waals surface area contributed by atoms with Gasteiger partial charge in [-0.3, -0.25) is 9.10 Å². The van der Waals surface area contributed by atoms with Crippen molar-refractivity contribution >= 4 is 21.6 Å². The Balaban J connectivity index is 1.65. The number of nitrogens with zero attached hydrogens (tertiary/aromatic N) is 1. The Kier molecular flexibility index (Phi) is 7.89. The highest BCUT2D eigenvalue weighted by atomic mass is 32.2. The van der Waals surface area contributed by atoms with Gasteiger partial charge >= 0.3 is 0 Å². The van der Waals surface area contributed by atoms with E-state index in [-0.39, 0.29) is 30.5 Å². The summed E-state index contributed by atoms with van der Waals surface area (Å²) in [5.74, 6) is 1.38. The smallest absolute Gasteiger partial charge is 0.232 e. The highest BCUT2D eigenvalue weighted by Crippen LogP contribution is 2.42. The Morgan fingerprint density at radius 1 is 1.15 bits per heavy atom. The third-order valence-corrected chi connectivity index (χ3v) is 7.54. The number of carbonyl (C=O) groups is 1. The van der Waals surface area contributed by atoms with Crippen LogP contribution >= 0.6 is 0 Å². The minimum absolute atomic E-state index is 0.0963. The van der Waals surface area contributed by atoms with Crippen LogP contribution in [0.15, 0.2) is 48.5 Å². The topological polar surface area (TPSA) is 84.9 Å². The molecule has 1 amide bonds. The lowest BCUT2D eigenvalue weighted by atomic mass is 9.83. The van der Waals surface area contributed by atoms with Crippen LogP contribution in [0.3, 0.4) is 0 Å². The van der Waals surface area contributed by atoms with Gasteiger partial charge in [0.1, 0.15) is 17.1 Å². The SMILES string of the molecule is CCC1(CC)C[C@@H](NC(=O)CCCN(c2ccc(OC)cc2)S(C)(=O)=O)c2ccccc2O1. The molecular formula is C25H34N2O5S. The molecule has 180 valence electrons. The molecule has 0 unspecified atom stereocenters. The van der Waals surface area contributed by atoms with E-state index in [0.29, 0.717) is 24.3 Å². The van der Waals surface area contributed by atoms with Crippen molar-refractivity contribution in [3.8, 4) is 11.5 Å². The van der Waals surface area contributed by atoms with E-state index in [1.807, 2.05) is 24.3 Å². The zero-order chi connectivity index (χ0) is 24.1. The predicted octanol–water partition coefficient (Wildman–Crippen LogP) is 4.44. The first-order chi connectivity index (χ1) is 15.7. The molecule has 33 heavy (non-hydrogen) atoms. The maximum absolute atomic E-state index is 12.8. The fraction of sp³-hybridized carbons (Fsp3) is 0.480. The van der Waals surface area contributed by atoms with Crippen molar-refractivity contribution in [2.75, 3.05) is 24.2 Å². The predicted molar refractivity (Wildman–Crippen MR) is 130 cm³/mol. The third kappa shape index (κ3) is 5.99. The molecule has 1 N–H and O–H groups in total. The Morgan fingerprint density at radius 3 is 2.42 bits per heavy atom. The molecule has 2 aromatic rings. The molecule has 1 heterocycles. The highest BCUT2D eigenvalue weighted by Gasteiger charge is 2.38. The summed E-state index contributed by atoms with van der Waals surface area (Å²) in [6, 6.07) is 14.5. The lowest BCUT2D eigenvalue weighted by Crippen LogP contribution is -2.44. The van der Waals surface area contributed by atoms with Crippen LogP contribution in [-0.2, 0) is 14.8 Å². The van der Waals surface area contributed by atoms with Gasteiger partial charge in [-0.25, -0.2) is 8.42 Å². The number of nitrogens with one attached hydrogen (secondary N) is 1. The van der Waals surface area contributed by atoms with Gasteiger partial charge in [0.05, 0.1) is 25.1 Å². The number of fused-ring (bicyclic) bond motifs is 1. The molecule has 0 aromatic heterocycles. The maximum atomic E-state index is 12.8. The first-order valence-electron chi connectivity index (χ1n) is 11.4. The molecule has 0 aliphatic carbocycles. The van der Waals surface area contributed by atoms with Gasteiger partial charge in [-0.1, -0.05) is 32.0 Å². The number of sulfonamides is 1. The molecule has 1 aliphatic rings. The molecule has 2 aromatic carbocycles. The van der Waals surface area contributed by atoms with Crippen LogP contribution in [0.25, 0.3) is 0 Å². The van der Waals surface area contributed by atoms with Crippen molar-refractivity contribution < 1.29 is 22.7 Å². The number of rotatable bonds is 10. The van der Waals surface area contributed by atoms with E-state index < -0.39 is 10.0 Å². The van der Waals surface area contributed by atoms with E-state index in [2.05, 4.69) is 19.2 Å². The second kappa shape index (κ2) is 10.5. The molecule has 0 fully saturated rings. The largest absolute Gasteiger partial charge is 0.497 e. The van der Waals surface area contributed by atoms with Gasteiger partial charge in [0.25, 0.3) is 0 Å². The number of para-hydroxylation sites is 1. The number of benzene rings is 2. The van der Waals surface area contributed by atoms with Crippen LogP contribution < -0.4 is 19.1 Å². The molecule has 0 saturated heterocycles. The fourth-order valence-electron chi connectivity index (χ4n) is 4.31. The van der Waals surface area contributed by atoms with Crippen molar-refractivity contribution in [1.82, 2.24) is 5.32 Å². The summed E-state index contributed by atoms with van der Waals surface area (Å²) in [7, 11) is -1.92. The number of methoxy groups -OCH3 is 1. The summed E-state index contributed by atoms with van der Waals surface area (Å²) in [5.41, 5.74) is 1.24. The highest BCUT2D eigenvalue weighted by molar-refractivity contribution is 7.92. The zero-order valence-electron chi connectivity index (χ0n) is 19.8. The molecule has 0 spiro atoms. The summed E-state index contributed by atoms with van der Waals surface area (Å²) in [6.07, 6.45) is 4.23. The number of carbonyl (C=O) groups excluding carboxylic acids is 1. The Labute approximate surface area is 197 Å². The van der Waals surface area contributed by atoms with Gasteiger partial charge in [-0.05, 0) is 49.6 Å². The summed E-state index contributed by atoms with van der Waals surface area (Å²) >= 11 is 0. The van der Waals surface area contributed by atoms with E-state index in [1.165, 1.54) is 10.6 Å². The molecule has 1 aliphatic heterocycles. The minimum Gasteiger partial charge on any atom is -0.497 e. The number of hydrogen-bond donors (Lipinski definition) is 1. The van der Waals surface area contributed by atoms with Crippen LogP contribution in [0.5, 0.6) is 11.5 Å². The second-order valence-electron chi connectivity index (χ2n) is 8.49. The lowest BCUT2D eigenvalue weighted by molar-refractivity contribution is -0.122. The van der Waals surface area contributed by atoms with Crippen LogP contribution in [0.1, 0.15) is 57.6 Å². The molecule has 0 radical (unpaired) electrons. The number of anilines is 1. The minimum atomic E-state index is -3.48. The first-order valence-corrected chi connectivity index (χ1v) is 13.2. The Morgan fingerprint density at radius 2 is 1.82 bits per heavy atom. The van der Waals surface area contributed by atoms with Gasteiger partial charge in [0.2, 0.25) is 15.9 Å². The summed E-state index contributed by atoms with van der Waals surface area (Å²) in [5, 5.41) is 3.16. The number of ether oxygens (including phenoxy) is 2. The standard InChI is InChI=1S/C25H34N2O5S/c1-5-25(6-2)18-22(21-10-7-8-11-23(21)32-25)26-24(28)12-9-17-27(33(4,29)30)19-13-15-20(31-3)16-14-19/h7-8,10-11,13-16,22H,5-6,9,12,17-18H2,1-4H3,(H,26,28)/t22-/m1/s1. The van der Waals surface area contributed by atoms with Crippen LogP contribution in [-0.4, -0.2) is 39.8 Å². The third-order valence-electron chi connectivity index (χ3n) is 6.35. The van der Waals surface area contributed by atoms with Gasteiger partial charge in [-0.15, -0.1) is 0 Å². The maximum Gasteiger partial charge on any atom is 0.232 e. The summed E-state index contributed by atoms with van der Waals surface area (Å²) in [6.45, 7) is 4.43. The lowest BCUT2D eigenvalue weighted by Gasteiger charge is -2.41. The molecule has 3 rings (SSSR count). The van der Waals surface area contributed by atoms with Crippen molar-refractivity contribution in [3.63, 3.8) is 0 Å². The summed E-state index contributed by atoms with van der Waals surface area (Å²) < 4.78 is 37.4. The molecule has 7 nitrogen and oxygen atoms in total. The normalized spacial score (nSPS) is 16.9. The van der Waals surface area contributed by atoms with Gasteiger partial charge in [-0.2, -0.15) is 0 Å². The Bertz CT molecular complexity index is 1050. The average Bonchev–Trinajstić information content (AvgIpc) is 2.81. The molecule has 1 atom stereocenters. The number of hydrogen-bond acceptors (Lipinski definition) is 5. The summed E-state index contributed by atoms with van der Waals surface area (Å²) in [4.78, 5) is 12.8. The first kappa shape index (κ1) is 24.9. The van der Waals surface area contributed by atoms with Gasteiger partial charge in [0.15, 0.2) is 0 Å². The van der Waals surface area contributed by atoms with Crippen molar-refractivity contribution in [2.24, 2.45) is 0 Å². The molecular weight excluding hydrogens is 440 g/mol. The van der Waals surface area contributed by atoms with Gasteiger partial charge in [0, 0.05) is 24.9 Å². The van der Waals surface area contributed by atoms with E-state index in [0.717, 1.165) is 24.2 Å². The molecule has 0 saturated carbocycles. The van der Waals surface area contributed by atoms with E-state index in [1.54, 1.807) is 31.4 Å². The number of amides is 1. The second-order valence-corrected chi connectivity index (χ2v) is 10.4. The molecule has 8 heteroatoms.